The third-order valence-electron chi connectivity index (χ3n) is 4.74. The summed E-state index contributed by atoms with van der Waals surface area (Å²) in [4.78, 5) is 17.9. The Labute approximate surface area is 187 Å². The van der Waals surface area contributed by atoms with Gasteiger partial charge >= 0.3 is 0 Å². The van der Waals surface area contributed by atoms with Crippen LogP contribution >= 0.6 is 24.0 Å². The fraction of sp³-hybridized carbons (Fsp3) is 0.684. The molecule has 0 bridgehead atoms. The molecular formula is C19H33IN4O3S. The topological polar surface area (TPSA) is 86.9 Å². The van der Waals surface area contributed by atoms with Crippen LogP contribution in [0.5, 0.6) is 0 Å². The minimum Gasteiger partial charge on any atom is -0.469 e. The molecule has 0 saturated heterocycles. The number of furan rings is 1. The van der Waals surface area contributed by atoms with E-state index >= 15 is 0 Å². The molecular weight excluding hydrogens is 491 g/mol. The monoisotopic (exact) mass is 524 g/mol. The van der Waals surface area contributed by atoms with Gasteiger partial charge in [-0.3, -0.25) is 9.00 Å². The number of hydrogen-bond donors (Lipinski definition) is 2. The average molecular weight is 524 g/mol. The lowest BCUT2D eigenvalue weighted by atomic mass is 9.95. The maximum Gasteiger partial charge on any atom is 0.243 e. The molecule has 1 heterocycles. The Hall–Kier alpha value is -1.10. The molecule has 1 fully saturated rings. The van der Waals surface area contributed by atoms with Crippen molar-refractivity contribution in [3.8, 4) is 0 Å². The van der Waals surface area contributed by atoms with E-state index in [9.17, 15) is 9.00 Å². The van der Waals surface area contributed by atoms with Gasteiger partial charge < -0.3 is 20.0 Å². The van der Waals surface area contributed by atoms with Gasteiger partial charge in [0.25, 0.3) is 0 Å². The Morgan fingerprint density at radius 2 is 2.18 bits per heavy atom. The van der Waals surface area contributed by atoms with E-state index in [1.165, 1.54) is 4.90 Å². The first-order valence-electron chi connectivity index (χ1n) is 9.64. The average Bonchev–Trinajstić information content (AvgIpc) is 3.18. The zero-order chi connectivity index (χ0) is 19.6. The van der Waals surface area contributed by atoms with Crippen molar-refractivity contribution in [1.82, 2.24) is 15.5 Å². The van der Waals surface area contributed by atoms with Crippen LogP contribution in [0.3, 0.4) is 0 Å². The summed E-state index contributed by atoms with van der Waals surface area (Å²) >= 11 is 0. The van der Waals surface area contributed by atoms with E-state index in [-0.39, 0.29) is 47.7 Å². The SMILES string of the molecule is CCS(=O)C1CCCC(NC(=NCC(=O)N(C)C)NCCc2ccco2)C1.I. The van der Waals surface area contributed by atoms with Gasteiger partial charge in [-0.25, -0.2) is 4.99 Å². The highest BCUT2D eigenvalue weighted by Gasteiger charge is 2.26. The number of carbonyl (C=O) groups is 1. The van der Waals surface area contributed by atoms with Crippen molar-refractivity contribution in [3.05, 3.63) is 24.2 Å². The maximum atomic E-state index is 12.2. The molecule has 0 aromatic carbocycles. The smallest absolute Gasteiger partial charge is 0.243 e. The summed E-state index contributed by atoms with van der Waals surface area (Å²) in [6.07, 6.45) is 6.39. The van der Waals surface area contributed by atoms with Gasteiger partial charge in [0.05, 0.1) is 6.26 Å². The lowest BCUT2D eigenvalue weighted by molar-refractivity contribution is -0.127. The molecule has 1 saturated carbocycles. The van der Waals surface area contributed by atoms with Crippen LogP contribution in [0, 0.1) is 0 Å². The van der Waals surface area contributed by atoms with E-state index in [0.717, 1.165) is 37.9 Å². The predicted octanol–water partition coefficient (Wildman–Crippen LogP) is 2.14. The summed E-state index contributed by atoms with van der Waals surface area (Å²) in [5.74, 6) is 2.19. The van der Waals surface area contributed by atoms with Gasteiger partial charge in [0, 0.05) is 54.9 Å². The van der Waals surface area contributed by atoms with E-state index in [2.05, 4.69) is 15.6 Å². The van der Waals surface area contributed by atoms with Crippen LogP contribution in [0.4, 0.5) is 0 Å². The van der Waals surface area contributed by atoms with Gasteiger partial charge in [0.15, 0.2) is 5.96 Å². The molecule has 1 aliphatic rings. The van der Waals surface area contributed by atoms with E-state index in [0.29, 0.717) is 18.3 Å². The molecule has 1 aromatic heterocycles. The predicted molar refractivity (Wildman–Crippen MR) is 125 cm³/mol. The molecule has 9 heteroatoms. The van der Waals surface area contributed by atoms with Crippen molar-refractivity contribution >= 4 is 46.6 Å². The molecule has 7 nitrogen and oxygen atoms in total. The number of halogens is 1. The second kappa shape index (κ2) is 13.2. The summed E-state index contributed by atoms with van der Waals surface area (Å²) in [5.41, 5.74) is 0. The summed E-state index contributed by atoms with van der Waals surface area (Å²) in [5, 5.41) is 6.98. The van der Waals surface area contributed by atoms with E-state index in [1.54, 1.807) is 20.4 Å². The van der Waals surface area contributed by atoms with Gasteiger partial charge in [-0.2, -0.15) is 0 Å². The molecule has 0 spiro atoms. The first-order valence-corrected chi connectivity index (χ1v) is 11.0. The number of guanidine groups is 1. The number of aliphatic imine (C=N–C) groups is 1. The number of likely N-dealkylation sites (N-methyl/N-ethyl adjacent to an activating group) is 1. The van der Waals surface area contributed by atoms with Crippen LogP contribution in [0.25, 0.3) is 0 Å². The fourth-order valence-electron chi connectivity index (χ4n) is 3.14. The Bertz CT molecular complexity index is 637. The second-order valence-electron chi connectivity index (χ2n) is 7.01. The second-order valence-corrected chi connectivity index (χ2v) is 9.01. The molecule has 2 N–H and O–H groups in total. The Morgan fingerprint density at radius 1 is 1.39 bits per heavy atom. The molecule has 160 valence electrons. The third-order valence-corrected chi connectivity index (χ3v) is 6.48. The number of nitrogens with one attached hydrogen (secondary N) is 2. The Kier molecular flexibility index (Phi) is 11.7. The van der Waals surface area contributed by atoms with Gasteiger partial charge in [0.1, 0.15) is 12.3 Å². The summed E-state index contributed by atoms with van der Waals surface area (Å²) in [7, 11) is 2.68. The highest BCUT2D eigenvalue weighted by Crippen LogP contribution is 2.23. The molecule has 0 aliphatic heterocycles. The first-order chi connectivity index (χ1) is 13.0. The number of carbonyl (C=O) groups excluding carboxylic acids is 1. The van der Waals surface area contributed by atoms with Crippen molar-refractivity contribution in [2.75, 3.05) is 32.9 Å². The van der Waals surface area contributed by atoms with E-state index in [1.807, 2.05) is 19.1 Å². The number of rotatable bonds is 8. The fourth-order valence-corrected chi connectivity index (χ4v) is 4.49. The van der Waals surface area contributed by atoms with E-state index < -0.39 is 10.8 Å². The first kappa shape index (κ1) is 24.9. The molecule has 3 unspecified atom stereocenters. The molecule has 1 aromatic rings. The lowest BCUT2D eigenvalue weighted by Gasteiger charge is -2.30. The molecule has 0 radical (unpaired) electrons. The highest BCUT2D eigenvalue weighted by atomic mass is 127. The van der Waals surface area contributed by atoms with Crippen molar-refractivity contribution in [3.63, 3.8) is 0 Å². The molecule has 1 amide bonds. The summed E-state index contributed by atoms with van der Waals surface area (Å²) in [6, 6.07) is 4.03. The van der Waals surface area contributed by atoms with Crippen molar-refractivity contribution < 1.29 is 13.4 Å². The van der Waals surface area contributed by atoms with Gasteiger partial charge in [-0.1, -0.05) is 13.3 Å². The Morgan fingerprint density at radius 3 is 2.82 bits per heavy atom. The van der Waals surface area contributed by atoms with Crippen LogP contribution in [0.1, 0.15) is 38.4 Å². The number of nitrogens with zero attached hydrogens (tertiary/aromatic N) is 2. The normalized spacial score (nSPS) is 20.8. The van der Waals surface area contributed by atoms with Crippen LogP contribution in [-0.2, 0) is 22.0 Å². The standard InChI is InChI=1S/C19H32N4O3S.HI/c1-4-27(25)17-9-5-7-15(13-17)22-19(21-14-18(24)23(2)3)20-11-10-16-8-6-12-26-16;/h6,8,12,15,17H,4-5,7,9-11,13-14H2,1-3H3,(H2,20,21,22);1H. The molecule has 3 atom stereocenters. The minimum atomic E-state index is -0.765. The van der Waals surface area contributed by atoms with Crippen molar-refractivity contribution in [2.24, 2.45) is 4.99 Å². The lowest BCUT2D eigenvalue weighted by Crippen LogP contribution is -2.47. The van der Waals surface area contributed by atoms with Crippen molar-refractivity contribution in [2.45, 2.75) is 50.3 Å². The highest BCUT2D eigenvalue weighted by molar-refractivity contribution is 14.0. The molecule has 28 heavy (non-hydrogen) atoms. The van der Waals surface area contributed by atoms with Crippen LogP contribution in [0.2, 0.25) is 0 Å². The van der Waals surface area contributed by atoms with Crippen LogP contribution in [-0.4, -0.2) is 65.2 Å². The maximum absolute atomic E-state index is 12.2. The largest absolute Gasteiger partial charge is 0.469 e. The minimum absolute atomic E-state index is 0. The zero-order valence-corrected chi connectivity index (χ0v) is 20.1. The quantitative estimate of drug-likeness (QED) is 0.309. The number of amides is 1. The van der Waals surface area contributed by atoms with Crippen molar-refractivity contribution in [1.29, 1.82) is 0 Å². The summed E-state index contributed by atoms with van der Waals surface area (Å²) in [6.45, 7) is 2.73. The zero-order valence-electron chi connectivity index (χ0n) is 17.0. The Balaban J connectivity index is 0.00000392. The van der Waals surface area contributed by atoms with Crippen LogP contribution in [0.15, 0.2) is 27.8 Å². The summed E-state index contributed by atoms with van der Waals surface area (Å²) < 4.78 is 17.5. The van der Waals surface area contributed by atoms with Gasteiger partial charge in [-0.15, -0.1) is 24.0 Å². The number of hydrogen-bond acceptors (Lipinski definition) is 4. The van der Waals surface area contributed by atoms with Gasteiger partial charge in [-0.05, 0) is 31.4 Å². The van der Waals surface area contributed by atoms with E-state index in [4.69, 9.17) is 4.42 Å². The van der Waals surface area contributed by atoms with Gasteiger partial charge in [0.2, 0.25) is 5.91 Å². The molecule has 1 aliphatic carbocycles. The molecule has 2 rings (SSSR count). The van der Waals surface area contributed by atoms with Crippen LogP contribution < -0.4 is 10.6 Å². The third kappa shape index (κ3) is 8.50.